The standard InChI is InChI=1S/C29H26FN5O3/c1-29(2,3)35-18-20(17-32-35)33-27(36)14-19-7-9-22(16-24(19)30)38-26-11-12-31-25-10-8-21(15-23(25)26)34-13-5-4-6-28(34)37/h4-13,15-18H,14H2,1-3H3,(H,33,36). The molecule has 5 aromatic rings. The summed E-state index contributed by atoms with van der Waals surface area (Å²) in [5.74, 6) is -0.178. The topological polar surface area (TPSA) is 91.0 Å². The van der Waals surface area contributed by atoms with E-state index in [0.29, 0.717) is 28.0 Å². The molecule has 0 aliphatic heterocycles. The van der Waals surface area contributed by atoms with Crippen LogP contribution in [0.15, 0.2) is 90.2 Å². The number of aromatic nitrogens is 4. The molecular weight excluding hydrogens is 485 g/mol. The van der Waals surface area contributed by atoms with Crippen LogP contribution >= 0.6 is 0 Å². The highest BCUT2D eigenvalue weighted by atomic mass is 19.1. The van der Waals surface area contributed by atoms with Gasteiger partial charge in [0.2, 0.25) is 5.91 Å². The van der Waals surface area contributed by atoms with E-state index in [1.807, 2.05) is 20.8 Å². The van der Waals surface area contributed by atoms with Crippen LogP contribution in [0, 0.1) is 5.82 Å². The fourth-order valence-corrected chi connectivity index (χ4v) is 3.98. The minimum Gasteiger partial charge on any atom is -0.456 e. The second-order valence-electron chi connectivity index (χ2n) is 9.84. The van der Waals surface area contributed by atoms with Crippen LogP contribution in [0.3, 0.4) is 0 Å². The highest BCUT2D eigenvalue weighted by Gasteiger charge is 2.16. The van der Waals surface area contributed by atoms with Gasteiger partial charge in [0.25, 0.3) is 5.56 Å². The van der Waals surface area contributed by atoms with E-state index in [2.05, 4.69) is 15.4 Å². The van der Waals surface area contributed by atoms with Crippen molar-refractivity contribution in [1.29, 1.82) is 0 Å². The van der Waals surface area contributed by atoms with Crippen LogP contribution in [-0.2, 0) is 16.8 Å². The van der Waals surface area contributed by atoms with Crippen molar-refractivity contribution >= 4 is 22.5 Å². The molecule has 0 atom stereocenters. The Morgan fingerprint density at radius 2 is 1.92 bits per heavy atom. The molecule has 3 heterocycles. The summed E-state index contributed by atoms with van der Waals surface area (Å²) >= 11 is 0. The Bertz CT molecular complexity index is 1700. The Hall–Kier alpha value is -4.79. The zero-order chi connectivity index (χ0) is 26.9. The highest BCUT2D eigenvalue weighted by molar-refractivity contribution is 5.92. The Labute approximate surface area is 218 Å². The van der Waals surface area contributed by atoms with Crippen molar-refractivity contribution in [3.05, 3.63) is 107 Å². The number of nitrogens with zero attached hydrogens (tertiary/aromatic N) is 4. The lowest BCUT2D eigenvalue weighted by Gasteiger charge is -2.18. The minimum absolute atomic E-state index is 0.139. The molecule has 0 saturated heterocycles. The second kappa shape index (κ2) is 9.93. The SMILES string of the molecule is CC(C)(C)n1cc(NC(=O)Cc2ccc(Oc3ccnc4ccc(-n5ccccc5=O)cc34)cc2F)cn1. The third-order valence-corrected chi connectivity index (χ3v) is 5.94. The zero-order valence-electron chi connectivity index (χ0n) is 21.2. The van der Waals surface area contributed by atoms with Gasteiger partial charge in [-0.3, -0.25) is 23.8 Å². The predicted molar refractivity (Wildman–Crippen MR) is 143 cm³/mol. The summed E-state index contributed by atoms with van der Waals surface area (Å²) in [7, 11) is 0. The molecule has 1 N–H and O–H groups in total. The summed E-state index contributed by atoms with van der Waals surface area (Å²) in [6.45, 7) is 6.01. The summed E-state index contributed by atoms with van der Waals surface area (Å²) < 4.78 is 24.2. The lowest BCUT2D eigenvalue weighted by atomic mass is 10.1. The first kappa shape index (κ1) is 24.9. The van der Waals surface area contributed by atoms with Crippen molar-refractivity contribution in [2.75, 3.05) is 5.32 Å². The normalized spacial score (nSPS) is 11.5. The van der Waals surface area contributed by atoms with Gasteiger partial charge in [0.1, 0.15) is 17.3 Å². The number of benzene rings is 2. The zero-order valence-corrected chi connectivity index (χ0v) is 21.2. The van der Waals surface area contributed by atoms with Gasteiger partial charge in [-0.05, 0) is 62.7 Å². The summed E-state index contributed by atoms with van der Waals surface area (Å²) in [6, 6.07) is 16.4. The molecule has 0 aliphatic rings. The molecule has 0 saturated carbocycles. The third-order valence-electron chi connectivity index (χ3n) is 5.94. The number of carbonyl (C=O) groups excluding carboxylic acids is 1. The van der Waals surface area contributed by atoms with Crippen LogP contribution in [0.2, 0.25) is 0 Å². The van der Waals surface area contributed by atoms with E-state index in [0.717, 1.165) is 0 Å². The molecule has 0 radical (unpaired) electrons. The van der Waals surface area contributed by atoms with Crippen LogP contribution in [-0.4, -0.2) is 25.2 Å². The Balaban J connectivity index is 1.34. The molecule has 8 nitrogen and oxygen atoms in total. The van der Waals surface area contributed by atoms with Gasteiger partial charge in [0, 0.05) is 41.8 Å². The maximum Gasteiger partial charge on any atom is 0.255 e. The van der Waals surface area contributed by atoms with Gasteiger partial charge in [0.15, 0.2) is 0 Å². The minimum atomic E-state index is -0.557. The first-order chi connectivity index (χ1) is 18.2. The van der Waals surface area contributed by atoms with Crippen LogP contribution < -0.4 is 15.6 Å². The van der Waals surface area contributed by atoms with Gasteiger partial charge >= 0.3 is 0 Å². The third kappa shape index (κ3) is 5.31. The van der Waals surface area contributed by atoms with Crippen molar-refractivity contribution in [3.8, 4) is 17.2 Å². The van der Waals surface area contributed by atoms with E-state index in [1.165, 1.54) is 22.8 Å². The Morgan fingerprint density at radius 1 is 1.08 bits per heavy atom. The van der Waals surface area contributed by atoms with Gasteiger partial charge in [-0.2, -0.15) is 5.10 Å². The number of hydrogen-bond acceptors (Lipinski definition) is 5. The fraction of sp³-hybridized carbons (Fsp3) is 0.172. The number of anilines is 1. The maximum atomic E-state index is 14.9. The van der Waals surface area contributed by atoms with Crippen LogP contribution in [0.4, 0.5) is 10.1 Å². The van der Waals surface area contributed by atoms with E-state index in [1.54, 1.807) is 71.9 Å². The van der Waals surface area contributed by atoms with Gasteiger partial charge in [0.05, 0.1) is 29.4 Å². The molecule has 192 valence electrons. The molecule has 0 bridgehead atoms. The van der Waals surface area contributed by atoms with E-state index >= 15 is 0 Å². The number of fused-ring (bicyclic) bond motifs is 1. The molecule has 0 fully saturated rings. The number of hydrogen-bond donors (Lipinski definition) is 1. The first-order valence-electron chi connectivity index (χ1n) is 12.1. The molecular formula is C29H26FN5O3. The van der Waals surface area contributed by atoms with Crippen LogP contribution in [0.1, 0.15) is 26.3 Å². The van der Waals surface area contributed by atoms with Gasteiger partial charge in [-0.1, -0.05) is 12.1 Å². The van der Waals surface area contributed by atoms with Crippen molar-refractivity contribution in [3.63, 3.8) is 0 Å². The monoisotopic (exact) mass is 511 g/mol. The lowest BCUT2D eigenvalue weighted by Crippen LogP contribution is -2.22. The molecule has 0 aliphatic carbocycles. The van der Waals surface area contributed by atoms with Crippen molar-refractivity contribution in [1.82, 2.24) is 19.3 Å². The maximum absolute atomic E-state index is 14.9. The van der Waals surface area contributed by atoms with E-state index < -0.39 is 5.82 Å². The van der Waals surface area contributed by atoms with E-state index in [9.17, 15) is 14.0 Å². The smallest absolute Gasteiger partial charge is 0.255 e. The molecule has 0 spiro atoms. The number of carbonyl (C=O) groups is 1. The highest BCUT2D eigenvalue weighted by Crippen LogP contribution is 2.31. The van der Waals surface area contributed by atoms with E-state index in [-0.39, 0.29) is 34.7 Å². The van der Waals surface area contributed by atoms with Gasteiger partial charge < -0.3 is 10.1 Å². The summed E-state index contributed by atoms with van der Waals surface area (Å²) in [5.41, 5.74) is 1.73. The number of nitrogens with one attached hydrogen (secondary N) is 1. The summed E-state index contributed by atoms with van der Waals surface area (Å²) in [5, 5.41) is 7.68. The number of amides is 1. The number of ether oxygens (including phenoxy) is 1. The number of rotatable bonds is 6. The van der Waals surface area contributed by atoms with Crippen molar-refractivity contribution in [2.45, 2.75) is 32.7 Å². The quantitative estimate of drug-likeness (QED) is 0.327. The number of halogens is 1. The van der Waals surface area contributed by atoms with Gasteiger partial charge in [-0.25, -0.2) is 4.39 Å². The lowest BCUT2D eigenvalue weighted by molar-refractivity contribution is -0.115. The second-order valence-corrected chi connectivity index (χ2v) is 9.84. The summed E-state index contributed by atoms with van der Waals surface area (Å²) in [4.78, 5) is 29.1. The van der Waals surface area contributed by atoms with Gasteiger partial charge in [-0.15, -0.1) is 0 Å². The fourth-order valence-electron chi connectivity index (χ4n) is 3.98. The molecule has 3 aromatic heterocycles. The average Bonchev–Trinajstić information content (AvgIpc) is 3.35. The molecule has 0 unspecified atom stereocenters. The Kier molecular flexibility index (Phi) is 6.50. The molecule has 9 heteroatoms. The predicted octanol–water partition coefficient (Wildman–Crippen LogP) is 5.45. The largest absolute Gasteiger partial charge is 0.456 e. The van der Waals surface area contributed by atoms with E-state index in [4.69, 9.17) is 4.74 Å². The summed E-state index contributed by atoms with van der Waals surface area (Å²) in [6.07, 6.45) is 6.45. The number of pyridine rings is 2. The first-order valence-corrected chi connectivity index (χ1v) is 12.1. The molecule has 1 amide bonds. The molecule has 38 heavy (non-hydrogen) atoms. The molecule has 5 rings (SSSR count). The van der Waals surface area contributed by atoms with Crippen molar-refractivity contribution in [2.24, 2.45) is 0 Å². The Morgan fingerprint density at radius 3 is 2.66 bits per heavy atom. The van der Waals surface area contributed by atoms with Crippen LogP contribution in [0.5, 0.6) is 11.5 Å². The van der Waals surface area contributed by atoms with Crippen LogP contribution in [0.25, 0.3) is 16.6 Å². The average molecular weight is 512 g/mol. The van der Waals surface area contributed by atoms with Crippen molar-refractivity contribution < 1.29 is 13.9 Å². The molecule has 2 aromatic carbocycles.